The number of ether oxygens (including phenoxy) is 1. The van der Waals surface area contributed by atoms with Gasteiger partial charge in [0.25, 0.3) is 0 Å². The quantitative estimate of drug-likeness (QED) is 0.882. The number of nitrogens with one attached hydrogen (secondary N) is 1. The predicted molar refractivity (Wildman–Crippen MR) is 85.3 cm³/mol. The normalized spacial score (nSPS) is 34.4. The van der Waals surface area contributed by atoms with Crippen LogP contribution in [0.25, 0.3) is 0 Å². The molecule has 24 heavy (non-hydrogen) atoms. The fraction of sp³-hybridized carbons (Fsp3) is 0.647. The van der Waals surface area contributed by atoms with Crippen LogP contribution in [0.15, 0.2) is 18.5 Å². The summed E-state index contributed by atoms with van der Waals surface area (Å²) in [6, 6.07) is 1.65. The summed E-state index contributed by atoms with van der Waals surface area (Å²) in [5.74, 6) is -0.340. The Morgan fingerprint density at radius 3 is 3.12 bits per heavy atom. The Bertz CT molecular complexity index is 628. The Morgan fingerprint density at radius 1 is 1.42 bits per heavy atom. The molecule has 130 valence electrons. The molecule has 1 N–H and O–H groups in total. The zero-order valence-electron chi connectivity index (χ0n) is 13.8. The molecule has 2 unspecified atom stereocenters. The van der Waals surface area contributed by atoms with E-state index in [0.717, 1.165) is 25.8 Å². The summed E-state index contributed by atoms with van der Waals surface area (Å²) in [7, 11) is 1.82. The van der Waals surface area contributed by atoms with Crippen LogP contribution in [-0.4, -0.2) is 59.3 Å². The summed E-state index contributed by atoms with van der Waals surface area (Å²) in [5, 5.41) is 3.48. The van der Waals surface area contributed by atoms with E-state index in [1.54, 1.807) is 17.2 Å². The number of halogens is 1. The molecule has 4 atom stereocenters. The van der Waals surface area contributed by atoms with Crippen molar-refractivity contribution in [2.75, 3.05) is 20.2 Å². The van der Waals surface area contributed by atoms with Crippen molar-refractivity contribution >= 4 is 5.91 Å². The molecule has 0 aromatic carbocycles. The van der Waals surface area contributed by atoms with Crippen LogP contribution in [0, 0.1) is 5.82 Å². The molecule has 1 aliphatic carbocycles. The molecule has 3 fully saturated rings. The number of rotatable bonds is 2. The Morgan fingerprint density at radius 2 is 2.29 bits per heavy atom. The van der Waals surface area contributed by atoms with Crippen LogP contribution in [0.5, 0.6) is 0 Å². The van der Waals surface area contributed by atoms with Gasteiger partial charge in [-0.1, -0.05) is 0 Å². The molecule has 7 heteroatoms. The molecule has 1 aromatic rings. The molecular formula is C17H23FN4O2. The molecule has 1 saturated carbocycles. The van der Waals surface area contributed by atoms with Crippen LogP contribution in [0.2, 0.25) is 0 Å². The largest absolute Gasteiger partial charge is 0.375 e. The highest BCUT2D eigenvalue weighted by Crippen LogP contribution is 2.33. The van der Waals surface area contributed by atoms with E-state index in [9.17, 15) is 9.18 Å². The number of amides is 1. The average Bonchev–Trinajstić information content (AvgIpc) is 3.06. The van der Waals surface area contributed by atoms with E-state index in [1.807, 2.05) is 7.05 Å². The zero-order chi connectivity index (χ0) is 16.7. The standard InChI is InChI=1S/C17H23FN4O2/c1-21-16(23)9-13(11-5-6-19-10-12(11)18)20-17(21)22-7-8-24-15-4-2-3-14(15)22/h5-6,10,13-15,17,20H,2-4,7-9H2,1H3/t13?,14-,15-,17?/m0/s1. The van der Waals surface area contributed by atoms with Crippen molar-refractivity contribution in [2.24, 2.45) is 0 Å². The number of fused-ring (bicyclic) bond motifs is 1. The van der Waals surface area contributed by atoms with E-state index in [-0.39, 0.29) is 36.6 Å². The minimum Gasteiger partial charge on any atom is -0.375 e. The highest BCUT2D eigenvalue weighted by molar-refractivity contribution is 5.78. The smallest absolute Gasteiger partial charge is 0.226 e. The topological polar surface area (TPSA) is 57.7 Å². The van der Waals surface area contributed by atoms with Crippen molar-refractivity contribution in [1.82, 2.24) is 20.1 Å². The summed E-state index contributed by atoms with van der Waals surface area (Å²) in [6.07, 6.45) is 6.37. The van der Waals surface area contributed by atoms with Crippen LogP contribution in [0.1, 0.15) is 37.3 Å². The SMILES string of the molecule is CN1C(=O)CC(c2ccncc2F)NC1N1CCO[C@H]2CCC[C@@H]21. The molecule has 2 saturated heterocycles. The zero-order valence-corrected chi connectivity index (χ0v) is 13.8. The molecule has 1 aromatic heterocycles. The van der Waals surface area contributed by atoms with Gasteiger partial charge in [0, 0.05) is 43.9 Å². The maximum atomic E-state index is 14.1. The van der Waals surface area contributed by atoms with Crippen molar-refractivity contribution in [3.63, 3.8) is 0 Å². The van der Waals surface area contributed by atoms with E-state index >= 15 is 0 Å². The van der Waals surface area contributed by atoms with Gasteiger partial charge in [0.2, 0.25) is 5.91 Å². The molecule has 3 heterocycles. The summed E-state index contributed by atoms with van der Waals surface area (Å²) in [6.45, 7) is 1.46. The third-order valence-electron chi connectivity index (χ3n) is 5.51. The van der Waals surface area contributed by atoms with Crippen molar-refractivity contribution in [3.05, 3.63) is 29.8 Å². The lowest BCUT2D eigenvalue weighted by molar-refractivity contribution is -0.155. The van der Waals surface area contributed by atoms with Gasteiger partial charge >= 0.3 is 0 Å². The maximum absolute atomic E-state index is 14.1. The minimum absolute atomic E-state index is 0.0287. The first-order chi connectivity index (χ1) is 11.6. The lowest BCUT2D eigenvalue weighted by Gasteiger charge is -2.49. The second kappa shape index (κ2) is 6.38. The molecule has 3 aliphatic rings. The van der Waals surface area contributed by atoms with Gasteiger partial charge in [-0.05, 0) is 25.3 Å². The highest BCUT2D eigenvalue weighted by Gasteiger charge is 2.44. The second-order valence-corrected chi connectivity index (χ2v) is 6.84. The van der Waals surface area contributed by atoms with Crippen molar-refractivity contribution in [3.8, 4) is 0 Å². The van der Waals surface area contributed by atoms with Gasteiger partial charge in [0.1, 0.15) is 12.1 Å². The van der Waals surface area contributed by atoms with E-state index in [2.05, 4.69) is 15.2 Å². The fourth-order valence-corrected chi connectivity index (χ4v) is 4.25. The maximum Gasteiger partial charge on any atom is 0.226 e. The van der Waals surface area contributed by atoms with E-state index in [0.29, 0.717) is 18.2 Å². The van der Waals surface area contributed by atoms with Crippen LogP contribution in [-0.2, 0) is 9.53 Å². The Balaban J connectivity index is 1.59. The molecule has 0 bridgehead atoms. The highest BCUT2D eigenvalue weighted by atomic mass is 19.1. The van der Waals surface area contributed by atoms with E-state index in [1.165, 1.54) is 6.20 Å². The van der Waals surface area contributed by atoms with E-state index < -0.39 is 0 Å². The summed E-state index contributed by atoms with van der Waals surface area (Å²) >= 11 is 0. The van der Waals surface area contributed by atoms with Gasteiger partial charge in [0.15, 0.2) is 0 Å². The van der Waals surface area contributed by atoms with Crippen molar-refractivity contribution in [1.29, 1.82) is 0 Å². The Kier molecular flexibility index (Phi) is 4.24. The fourth-order valence-electron chi connectivity index (χ4n) is 4.25. The van der Waals surface area contributed by atoms with Crippen LogP contribution >= 0.6 is 0 Å². The summed E-state index contributed by atoms with van der Waals surface area (Å²) < 4.78 is 20.0. The predicted octanol–water partition coefficient (Wildman–Crippen LogP) is 1.25. The Labute approximate surface area is 141 Å². The molecule has 4 rings (SSSR count). The number of nitrogens with zero attached hydrogens (tertiary/aromatic N) is 3. The summed E-state index contributed by atoms with van der Waals surface area (Å²) in [4.78, 5) is 20.4. The first-order valence-corrected chi connectivity index (χ1v) is 8.63. The second-order valence-electron chi connectivity index (χ2n) is 6.84. The number of hydrogen-bond donors (Lipinski definition) is 1. The number of pyridine rings is 1. The minimum atomic E-state index is -0.369. The molecule has 0 spiro atoms. The van der Waals surface area contributed by atoms with Gasteiger partial charge in [0.05, 0.1) is 18.9 Å². The molecule has 2 aliphatic heterocycles. The van der Waals surface area contributed by atoms with Gasteiger partial charge in [-0.3, -0.25) is 20.0 Å². The molecular weight excluding hydrogens is 311 g/mol. The molecule has 0 radical (unpaired) electrons. The van der Waals surface area contributed by atoms with Crippen molar-refractivity contribution in [2.45, 2.75) is 50.2 Å². The van der Waals surface area contributed by atoms with Gasteiger partial charge in [-0.2, -0.15) is 0 Å². The van der Waals surface area contributed by atoms with Crippen molar-refractivity contribution < 1.29 is 13.9 Å². The molecule has 6 nitrogen and oxygen atoms in total. The lowest BCUT2D eigenvalue weighted by Crippen LogP contribution is -2.66. The summed E-state index contributed by atoms with van der Waals surface area (Å²) in [5.41, 5.74) is 0.507. The molecule has 1 amide bonds. The first-order valence-electron chi connectivity index (χ1n) is 8.63. The number of carbonyl (C=O) groups excluding carboxylic acids is 1. The van der Waals surface area contributed by atoms with E-state index in [4.69, 9.17) is 4.74 Å². The van der Waals surface area contributed by atoms with Gasteiger partial charge in [-0.15, -0.1) is 0 Å². The number of carbonyl (C=O) groups is 1. The Hall–Kier alpha value is -1.57. The first kappa shape index (κ1) is 15.9. The van der Waals surface area contributed by atoms with Crippen LogP contribution < -0.4 is 5.32 Å². The van der Waals surface area contributed by atoms with Gasteiger partial charge in [-0.25, -0.2) is 4.39 Å². The third kappa shape index (κ3) is 2.70. The third-order valence-corrected chi connectivity index (χ3v) is 5.51. The average molecular weight is 334 g/mol. The van der Waals surface area contributed by atoms with Gasteiger partial charge < -0.3 is 9.64 Å². The van der Waals surface area contributed by atoms with Crippen LogP contribution in [0.4, 0.5) is 4.39 Å². The lowest BCUT2D eigenvalue weighted by atomic mass is 10.0. The van der Waals surface area contributed by atoms with Crippen LogP contribution in [0.3, 0.4) is 0 Å². The number of aromatic nitrogens is 1. The monoisotopic (exact) mass is 334 g/mol. The number of hydrogen-bond acceptors (Lipinski definition) is 5. The number of morpholine rings is 1.